The van der Waals surface area contributed by atoms with Crippen LogP contribution in [0.5, 0.6) is 0 Å². The van der Waals surface area contributed by atoms with Crippen molar-refractivity contribution in [2.45, 2.75) is 116 Å². The highest BCUT2D eigenvalue weighted by molar-refractivity contribution is 7.10. The number of likely N-dealkylation sites (N-methyl/N-ethyl adjacent to an activating group) is 1. The Balaban J connectivity index is 1.16. The number of carbonyl (C=O) groups excluding carboxylic acids is 5. The molecule has 1 aliphatic carbocycles. The maximum Gasteiger partial charge on any atom is 0.323 e. The van der Waals surface area contributed by atoms with Crippen molar-refractivity contribution >= 4 is 62.2 Å². The number of amides is 5. The standard InChI is InChI=1S/C49H65N9O7SSi/c1-10-40(59)56-20-21-57(38-24-37(38)56)47(63)54(8)42(28(3)4)44(60)52-34-23-39-51-35(26-66-39)30-15-16-36-32(22-30)33(43(55(36)11-2)31-14-12-18-50-41(31)29(5)64-9)25-48(6,7)27-65-46(62)49(67)17-13-19-58(53-49)45(34)61/h10,12,14-16,18,22,26,28-29,34,37-38,42,53H,1,11,13,17,19-21,23-25,27H2,2-9,67H3,(H,52,60)/t29-,34-,37+,38-,42-,49-/m0/s1. The zero-order valence-corrected chi connectivity index (χ0v) is 43.1. The molecule has 6 heterocycles. The maximum absolute atomic E-state index is 14.8. The molecule has 358 valence electrons. The second-order valence-electron chi connectivity index (χ2n) is 19.8. The fourth-order valence-corrected chi connectivity index (χ4v) is 12.0. The monoisotopic (exact) mass is 951 g/mol. The summed E-state index contributed by atoms with van der Waals surface area (Å²) in [5, 5.41) is 7.12. The Morgan fingerprint density at radius 3 is 2.60 bits per heavy atom. The summed E-state index contributed by atoms with van der Waals surface area (Å²) in [5.74, 6) is -1.76. The molecule has 6 bridgehead atoms. The second-order valence-corrected chi connectivity index (χ2v) is 22.5. The molecule has 1 saturated carbocycles. The predicted molar refractivity (Wildman–Crippen MR) is 261 cm³/mol. The van der Waals surface area contributed by atoms with Crippen LogP contribution >= 0.6 is 11.3 Å². The fourth-order valence-electron chi connectivity index (χ4n) is 10.3. The molecule has 67 heavy (non-hydrogen) atoms. The van der Waals surface area contributed by atoms with E-state index < -0.39 is 40.4 Å². The summed E-state index contributed by atoms with van der Waals surface area (Å²) >= 11 is 1.42. The van der Waals surface area contributed by atoms with Gasteiger partial charge < -0.3 is 34.1 Å². The molecule has 2 saturated heterocycles. The van der Waals surface area contributed by atoms with Gasteiger partial charge in [0.05, 0.1) is 46.9 Å². The summed E-state index contributed by atoms with van der Waals surface area (Å²) in [7, 11) is 3.65. The molecule has 1 aromatic carbocycles. The van der Waals surface area contributed by atoms with Gasteiger partial charge in [0.1, 0.15) is 17.2 Å². The highest BCUT2D eigenvalue weighted by atomic mass is 32.1. The number of fused-ring (bicyclic) bond motifs is 7. The number of carbonyl (C=O) groups is 5. The first kappa shape index (κ1) is 48.0. The average molecular weight is 952 g/mol. The molecule has 16 nitrogen and oxygen atoms in total. The second kappa shape index (κ2) is 18.9. The minimum atomic E-state index is -1.09. The van der Waals surface area contributed by atoms with E-state index in [-0.39, 0.29) is 49.1 Å². The van der Waals surface area contributed by atoms with Gasteiger partial charge in [-0.05, 0) is 81.4 Å². The highest BCUT2D eigenvalue weighted by Crippen LogP contribution is 2.42. The van der Waals surface area contributed by atoms with Crippen LogP contribution in [0.2, 0.25) is 0 Å². The lowest BCUT2D eigenvalue weighted by Crippen LogP contribution is -2.68. The van der Waals surface area contributed by atoms with Gasteiger partial charge in [0.2, 0.25) is 11.8 Å². The molecule has 0 spiro atoms. The summed E-state index contributed by atoms with van der Waals surface area (Å²) in [4.78, 5) is 85.1. The molecule has 3 aliphatic heterocycles. The number of thiazole rings is 1. The van der Waals surface area contributed by atoms with Gasteiger partial charge in [-0.15, -0.1) is 11.3 Å². The number of benzene rings is 1. The van der Waals surface area contributed by atoms with Gasteiger partial charge in [0.15, 0.2) is 0 Å². The van der Waals surface area contributed by atoms with Crippen molar-refractivity contribution in [3.63, 3.8) is 0 Å². The third-order valence-corrected chi connectivity index (χ3v) is 16.0. The van der Waals surface area contributed by atoms with Gasteiger partial charge >= 0.3 is 12.0 Å². The van der Waals surface area contributed by atoms with Crippen LogP contribution in [0.15, 0.2) is 54.6 Å². The van der Waals surface area contributed by atoms with E-state index in [2.05, 4.69) is 66.9 Å². The van der Waals surface area contributed by atoms with Crippen LogP contribution in [0.1, 0.15) is 83.2 Å². The third-order valence-electron chi connectivity index (χ3n) is 14.0. The molecule has 18 heteroatoms. The van der Waals surface area contributed by atoms with Crippen molar-refractivity contribution in [1.29, 1.82) is 0 Å². The van der Waals surface area contributed by atoms with E-state index in [1.807, 2.05) is 32.2 Å². The molecule has 4 aromatic rings. The first-order chi connectivity index (χ1) is 31.9. The molecule has 2 N–H and O–H groups in total. The van der Waals surface area contributed by atoms with Gasteiger partial charge in [-0.2, -0.15) is 0 Å². The van der Waals surface area contributed by atoms with Crippen LogP contribution in [0.3, 0.4) is 0 Å². The number of hydrazine groups is 1. The zero-order valence-electron chi connectivity index (χ0n) is 40.3. The lowest BCUT2D eigenvalue weighted by Gasteiger charge is -2.42. The number of esters is 1. The Hall–Kier alpha value is -5.43. The number of nitrogens with zero attached hydrogens (tertiary/aromatic N) is 7. The number of hydrogen-bond donors (Lipinski definition) is 2. The van der Waals surface area contributed by atoms with E-state index in [1.165, 1.54) is 27.3 Å². The van der Waals surface area contributed by atoms with Gasteiger partial charge in [0, 0.05) is 96.0 Å². The molecular formula is C49H65N9O7SSi. The van der Waals surface area contributed by atoms with Crippen molar-refractivity contribution in [3.8, 4) is 22.5 Å². The summed E-state index contributed by atoms with van der Waals surface area (Å²) in [6.07, 6.45) is 5.21. The topological polar surface area (TPSA) is 172 Å². The van der Waals surface area contributed by atoms with Crippen LogP contribution < -0.4 is 10.7 Å². The first-order valence-electron chi connectivity index (χ1n) is 23.5. The van der Waals surface area contributed by atoms with E-state index in [1.54, 1.807) is 30.2 Å². The highest BCUT2D eigenvalue weighted by Gasteiger charge is 2.53. The Bertz CT molecular complexity index is 2590. The molecule has 3 fully saturated rings. The maximum atomic E-state index is 14.8. The number of cyclic esters (lactones) is 1. The Morgan fingerprint density at radius 2 is 1.88 bits per heavy atom. The van der Waals surface area contributed by atoms with Gasteiger partial charge in [-0.3, -0.25) is 29.2 Å². The molecule has 4 aliphatic rings. The summed E-state index contributed by atoms with van der Waals surface area (Å²) in [6.45, 7) is 17.6. The summed E-state index contributed by atoms with van der Waals surface area (Å²) in [5.41, 5.74) is 9.43. The SMILES string of the molecule is C=CC(=O)N1CCN(C(=O)N(C)[C@H](C(=O)N[C@H]2Cc3nc(cs3)-c3ccc4c(c3)c(c(-c3cccnc3[C@H](C)OC)n4CC)CC(C)(C)COC(=O)[C@@]3([SiH3])CCCN(N3)C2=O)C(C)C)[C@H]2C[C@H]21. The van der Waals surface area contributed by atoms with Gasteiger partial charge in [-0.1, -0.05) is 40.3 Å². The minimum Gasteiger partial charge on any atom is -0.464 e. The van der Waals surface area contributed by atoms with Crippen molar-refractivity contribution in [2.24, 2.45) is 11.3 Å². The molecular weight excluding hydrogens is 887 g/mol. The van der Waals surface area contributed by atoms with Crippen LogP contribution in [0.25, 0.3) is 33.4 Å². The van der Waals surface area contributed by atoms with Gasteiger partial charge in [-0.25, -0.2) is 15.2 Å². The number of ether oxygens (including phenoxy) is 2. The molecule has 8 rings (SSSR count). The lowest BCUT2D eigenvalue weighted by atomic mass is 9.84. The van der Waals surface area contributed by atoms with Crippen LogP contribution in [0.4, 0.5) is 4.79 Å². The van der Waals surface area contributed by atoms with Crippen LogP contribution in [0, 0.1) is 11.3 Å². The Morgan fingerprint density at radius 1 is 1.13 bits per heavy atom. The predicted octanol–water partition coefficient (Wildman–Crippen LogP) is 4.44. The smallest absolute Gasteiger partial charge is 0.323 e. The van der Waals surface area contributed by atoms with Crippen molar-refractivity contribution in [2.75, 3.05) is 40.4 Å². The number of pyridine rings is 1. The molecule has 0 unspecified atom stereocenters. The van der Waals surface area contributed by atoms with Crippen LogP contribution in [-0.4, -0.2) is 144 Å². The molecule has 5 amide bonds. The number of nitrogens with one attached hydrogen (secondary N) is 2. The van der Waals surface area contributed by atoms with E-state index in [9.17, 15) is 24.0 Å². The fraction of sp³-hybridized carbons (Fsp3) is 0.531. The third kappa shape index (κ3) is 9.29. The first-order valence-corrected chi connectivity index (χ1v) is 25.4. The van der Waals surface area contributed by atoms with E-state index in [4.69, 9.17) is 19.4 Å². The van der Waals surface area contributed by atoms with E-state index in [0.29, 0.717) is 67.1 Å². The normalized spacial score (nSPS) is 23.8. The summed E-state index contributed by atoms with van der Waals surface area (Å²) < 4.78 is 14.4. The van der Waals surface area contributed by atoms with E-state index >= 15 is 0 Å². The number of urea groups is 1. The minimum absolute atomic E-state index is 0.0746. The largest absolute Gasteiger partial charge is 0.464 e. The number of hydrogen-bond acceptors (Lipinski definition) is 11. The molecule has 6 atom stereocenters. The number of aryl methyl sites for hydroxylation is 1. The van der Waals surface area contributed by atoms with Crippen LogP contribution in [-0.2, 0) is 48.0 Å². The zero-order chi connectivity index (χ0) is 48.1. The summed E-state index contributed by atoms with van der Waals surface area (Å²) in [6, 6.07) is 7.92. The average Bonchev–Trinajstić information content (AvgIpc) is 3.89. The lowest BCUT2D eigenvalue weighted by molar-refractivity contribution is -0.158. The number of piperazine rings is 1. The molecule has 0 radical (unpaired) electrons. The van der Waals surface area contributed by atoms with Gasteiger partial charge in [0.25, 0.3) is 5.91 Å². The number of rotatable bonds is 9. The van der Waals surface area contributed by atoms with Crippen molar-refractivity contribution in [3.05, 3.63) is 70.8 Å². The van der Waals surface area contributed by atoms with Crippen molar-refractivity contribution in [1.82, 2.24) is 45.0 Å². The Kier molecular flexibility index (Phi) is 13.6. The number of aromatic nitrogens is 3. The quantitative estimate of drug-likeness (QED) is 0.139. The van der Waals surface area contributed by atoms with Crippen molar-refractivity contribution < 1.29 is 33.4 Å². The Labute approximate surface area is 399 Å². The number of methoxy groups -OCH3 is 1. The van der Waals surface area contributed by atoms with E-state index in [0.717, 1.165) is 44.7 Å². The molecule has 3 aromatic heterocycles.